The minimum atomic E-state index is -0.771. The van der Waals surface area contributed by atoms with Crippen LogP contribution in [0.4, 0.5) is 0 Å². The third-order valence-electron chi connectivity index (χ3n) is 29.0. The number of hydrogen-bond donors (Lipinski definition) is 0. The van der Waals surface area contributed by atoms with E-state index < -0.39 is 35.8 Å². The van der Waals surface area contributed by atoms with Gasteiger partial charge in [-0.05, 0) is 288 Å². The van der Waals surface area contributed by atoms with Gasteiger partial charge < -0.3 is 56.8 Å². The summed E-state index contributed by atoms with van der Waals surface area (Å²) in [5.41, 5.74) is 5.32. The number of carbonyl (C=O) groups excluding carboxylic acids is 6. The standard InChI is InChI=1S/C132H180O18/c1-13-25-31-37-43-49-55-61-79-139-103-67-73-109(97(19-7)85-103)127(133)145-121-91-115-116(92-122(121)146-128(134)110-74-68-104(86-98(110)20-8)140-80-62-56-50-44-38-32-26-14-2)118-94-124(148-130(136)112-76-70-106(88-100(112)22-10)142-82-64-58-52-46-40-34-28-16-4)126(150-132(138)114-78-72-108(90-102(114)24-12)144-84-66-60-54-48-42-36-30-18-6)96-120(118)119-95-125(149-131(137)113-77-71-107(89-101(113)23-11)143-83-65-59-53-47-41-35-29-17-5)123(93-117(115)119)147-129(135)111-75-69-105(87-99(111)21-9)141-81-63-57-51-45-39-33-27-15-3/h67-78,85-96H,13-66,79-84H2,1-12H3. The molecule has 0 aliphatic carbocycles. The molecule has 10 aromatic rings. The molecule has 0 fully saturated rings. The van der Waals surface area contributed by atoms with Crippen molar-refractivity contribution in [1.29, 1.82) is 0 Å². The highest BCUT2D eigenvalue weighted by molar-refractivity contribution is 6.27. The Morgan fingerprint density at radius 2 is 0.273 bits per heavy atom. The average molecular weight is 2050 g/mol. The second-order valence-electron chi connectivity index (χ2n) is 40.8. The van der Waals surface area contributed by atoms with E-state index in [0.29, 0.717) is 178 Å². The van der Waals surface area contributed by atoms with Crippen molar-refractivity contribution >= 4 is 68.1 Å². The molecule has 18 nitrogen and oxygen atoms in total. The molecule has 0 radical (unpaired) electrons. The van der Waals surface area contributed by atoms with E-state index in [-0.39, 0.29) is 67.9 Å². The van der Waals surface area contributed by atoms with E-state index in [0.717, 1.165) is 116 Å². The Morgan fingerprint density at radius 3 is 0.393 bits per heavy atom. The molecule has 0 atom stereocenters. The predicted octanol–water partition coefficient (Wildman–Crippen LogP) is 37.0. The van der Waals surface area contributed by atoms with Crippen LogP contribution in [-0.4, -0.2) is 75.5 Å². The molecule has 10 rings (SSSR count). The van der Waals surface area contributed by atoms with Crippen molar-refractivity contribution in [3.05, 3.63) is 212 Å². The first-order chi connectivity index (χ1) is 73.4. The fourth-order valence-electron chi connectivity index (χ4n) is 19.9. The summed E-state index contributed by atoms with van der Waals surface area (Å²) in [6.07, 6.45) is 57.4. The predicted molar refractivity (Wildman–Crippen MR) is 612 cm³/mol. The summed E-state index contributed by atoms with van der Waals surface area (Å²) < 4.78 is 79.1. The molecular formula is C132H180O18. The van der Waals surface area contributed by atoms with Gasteiger partial charge in [0.05, 0.1) is 73.0 Å². The number of aryl methyl sites for hydroxylation is 6. The lowest BCUT2D eigenvalue weighted by Gasteiger charge is -2.20. The lowest BCUT2D eigenvalue weighted by molar-refractivity contribution is 0.0681. The van der Waals surface area contributed by atoms with Gasteiger partial charge in [0, 0.05) is 0 Å². The van der Waals surface area contributed by atoms with Crippen molar-refractivity contribution in [3.63, 3.8) is 0 Å². The van der Waals surface area contributed by atoms with Crippen LogP contribution in [0.5, 0.6) is 69.0 Å². The number of benzene rings is 10. The minimum absolute atomic E-state index is 0.184. The molecule has 816 valence electrons. The highest BCUT2D eigenvalue weighted by Crippen LogP contribution is 2.49. The monoisotopic (exact) mass is 2050 g/mol. The second-order valence-corrected chi connectivity index (χ2v) is 40.8. The van der Waals surface area contributed by atoms with Gasteiger partial charge in [0.15, 0.2) is 34.5 Å². The molecule has 0 amide bonds. The summed E-state index contributed by atoms with van der Waals surface area (Å²) >= 11 is 0. The molecule has 10 aromatic carbocycles. The average Bonchev–Trinajstić information content (AvgIpc) is 0.719. The van der Waals surface area contributed by atoms with Crippen LogP contribution in [-0.2, 0) is 38.5 Å². The molecule has 0 N–H and O–H groups in total. The fourth-order valence-corrected chi connectivity index (χ4v) is 19.9. The van der Waals surface area contributed by atoms with Crippen LogP contribution >= 0.6 is 0 Å². The number of esters is 6. The third kappa shape index (κ3) is 39.4. The van der Waals surface area contributed by atoms with Crippen LogP contribution in [0.3, 0.4) is 0 Å². The molecule has 0 saturated heterocycles. The van der Waals surface area contributed by atoms with Gasteiger partial charge in [0.2, 0.25) is 0 Å². The Bertz CT molecular complexity index is 4850. The van der Waals surface area contributed by atoms with Gasteiger partial charge in [-0.2, -0.15) is 0 Å². The second kappa shape index (κ2) is 69.2. The molecule has 0 aliphatic rings. The first-order valence-corrected chi connectivity index (χ1v) is 58.9. The SMILES string of the molecule is CCCCCCCCCCOc1ccc(C(=O)Oc2cc3c4cc(OC(=O)c5ccc(OCCCCCCCCCC)cc5CC)c(OC(=O)c5ccc(OCCCCCCCCCC)cc5CC)cc4c4cc(OC(=O)c5ccc(OCCCCCCCCCC)cc5CC)c(OC(=O)c5ccc(OCCCCCCCCCC)cc5CC)cc4c3cc2OC(=O)c2ccc(OCCCCCCCCCC)cc2CC)c(CC)c1. The van der Waals surface area contributed by atoms with Gasteiger partial charge in [-0.1, -0.05) is 353 Å². The lowest BCUT2D eigenvalue weighted by Crippen LogP contribution is -2.16. The van der Waals surface area contributed by atoms with Crippen molar-refractivity contribution in [2.24, 2.45) is 0 Å². The van der Waals surface area contributed by atoms with Crippen LogP contribution in [0.1, 0.15) is 487 Å². The number of unbranched alkanes of at least 4 members (excludes halogenated alkanes) is 42. The van der Waals surface area contributed by atoms with Gasteiger partial charge in [-0.3, -0.25) is 0 Å². The van der Waals surface area contributed by atoms with Crippen LogP contribution in [0.2, 0.25) is 0 Å². The van der Waals surface area contributed by atoms with E-state index in [1.54, 1.807) is 109 Å². The minimum Gasteiger partial charge on any atom is -0.494 e. The zero-order valence-electron chi connectivity index (χ0n) is 93.6. The van der Waals surface area contributed by atoms with Gasteiger partial charge in [0.25, 0.3) is 0 Å². The van der Waals surface area contributed by atoms with E-state index >= 15 is 28.8 Å². The maximum Gasteiger partial charge on any atom is 0.343 e. The molecule has 0 saturated carbocycles. The summed E-state index contributed by atoms with van der Waals surface area (Å²) in [5, 5.41) is 1.92. The van der Waals surface area contributed by atoms with Gasteiger partial charge in [-0.25, -0.2) is 28.8 Å². The smallest absolute Gasteiger partial charge is 0.343 e. The van der Waals surface area contributed by atoms with E-state index in [4.69, 9.17) is 56.8 Å². The third-order valence-corrected chi connectivity index (χ3v) is 29.0. The summed E-state index contributed by atoms with van der Waals surface area (Å²) in [7, 11) is 0. The highest BCUT2D eigenvalue weighted by Gasteiger charge is 2.31. The van der Waals surface area contributed by atoms with Gasteiger partial charge in [-0.15, -0.1) is 0 Å². The van der Waals surface area contributed by atoms with E-state index in [2.05, 4.69) is 41.5 Å². The van der Waals surface area contributed by atoms with Crippen LogP contribution in [0.15, 0.2) is 146 Å². The summed E-state index contributed by atoms with van der Waals surface area (Å²) in [4.78, 5) is 94.4. The van der Waals surface area contributed by atoms with Gasteiger partial charge in [0.1, 0.15) is 34.5 Å². The van der Waals surface area contributed by atoms with Crippen molar-refractivity contribution in [3.8, 4) is 69.0 Å². The molecular weight excluding hydrogens is 1870 g/mol. The lowest BCUT2D eigenvalue weighted by atomic mass is 9.93. The topological polar surface area (TPSA) is 213 Å². The quantitative estimate of drug-likeness (QED) is 0.0150. The summed E-state index contributed by atoms with van der Waals surface area (Å²) in [6, 6.07) is 41.7. The Morgan fingerprint density at radius 1 is 0.153 bits per heavy atom. The van der Waals surface area contributed by atoms with E-state index in [9.17, 15) is 0 Å². The Kier molecular flexibility index (Phi) is 55.6. The molecule has 0 bridgehead atoms. The normalized spacial score (nSPS) is 11.4. The van der Waals surface area contributed by atoms with Crippen LogP contribution in [0, 0.1) is 0 Å². The van der Waals surface area contributed by atoms with E-state index in [1.165, 1.54) is 193 Å². The summed E-state index contributed by atoms with van der Waals surface area (Å²) in [6.45, 7) is 28.2. The Balaban J connectivity index is 1.19. The molecule has 0 unspecified atom stereocenters. The number of ether oxygens (including phenoxy) is 12. The first kappa shape index (κ1) is 120. The molecule has 18 heteroatoms. The Hall–Kier alpha value is -11.4. The molecule has 0 aromatic heterocycles. The van der Waals surface area contributed by atoms with Crippen molar-refractivity contribution < 1.29 is 85.6 Å². The van der Waals surface area contributed by atoms with Crippen LogP contribution in [0.25, 0.3) is 32.3 Å². The maximum atomic E-state index is 15.7. The zero-order valence-corrected chi connectivity index (χ0v) is 93.6. The van der Waals surface area contributed by atoms with Gasteiger partial charge >= 0.3 is 35.8 Å². The number of rotatable bonds is 78. The Labute approximate surface area is 899 Å². The molecule has 150 heavy (non-hydrogen) atoms. The molecule has 0 aliphatic heterocycles. The van der Waals surface area contributed by atoms with Crippen molar-refractivity contribution in [2.45, 2.75) is 430 Å². The highest BCUT2D eigenvalue weighted by atomic mass is 16.6. The fraction of sp³-hybridized carbons (Fsp3) is 0.545. The summed E-state index contributed by atoms with van der Waals surface area (Å²) in [5.74, 6) is -2.08. The molecule has 0 heterocycles. The van der Waals surface area contributed by atoms with Crippen molar-refractivity contribution in [1.82, 2.24) is 0 Å². The first-order valence-electron chi connectivity index (χ1n) is 58.9. The number of hydrogen-bond acceptors (Lipinski definition) is 18. The number of fused-ring (bicyclic) bond motifs is 6. The van der Waals surface area contributed by atoms with Crippen LogP contribution < -0.4 is 56.8 Å². The maximum absolute atomic E-state index is 15.7. The zero-order chi connectivity index (χ0) is 107. The molecule has 0 spiro atoms. The number of carbonyl (C=O) groups is 6. The largest absolute Gasteiger partial charge is 0.494 e. The van der Waals surface area contributed by atoms with Crippen molar-refractivity contribution in [2.75, 3.05) is 39.6 Å². The van der Waals surface area contributed by atoms with E-state index in [1.807, 2.05) is 77.9 Å².